The first-order valence-corrected chi connectivity index (χ1v) is 4.85. The molecule has 2 rings (SSSR count). The third-order valence-corrected chi connectivity index (χ3v) is 2.27. The number of rotatable bonds is 1. The van der Waals surface area contributed by atoms with Gasteiger partial charge in [-0.1, -0.05) is 0 Å². The van der Waals surface area contributed by atoms with Crippen molar-refractivity contribution in [2.75, 3.05) is 5.73 Å². The highest BCUT2D eigenvalue weighted by atomic mass is 19.4. The molecule has 1 aromatic heterocycles. The highest BCUT2D eigenvalue weighted by molar-refractivity contribution is 5.45. The molecule has 0 unspecified atom stereocenters. The van der Waals surface area contributed by atoms with Gasteiger partial charge < -0.3 is 5.73 Å². The minimum absolute atomic E-state index is 0.118. The molecular formula is C11H7F3N4. The number of nitrogen functional groups attached to an aromatic ring is 1. The normalized spacial score (nSPS) is 11.2. The van der Waals surface area contributed by atoms with Crippen molar-refractivity contribution in [2.24, 2.45) is 0 Å². The van der Waals surface area contributed by atoms with Crippen LogP contribution in [0.5, 0.6) is 0 Å². The second-order valence-corrected chi connectivity index (χ2v) is 3.52. The van der Waals surface area contributed by atoms with Crippen LogP contribution in [0.25, 0.3) is 5.69 Å². The molecule has 1 aromatic carbocycles. The van der Waals surface area contributed by atoms with Crippen molar-refractivity contribution in [3.8, 4) is 11.8 Å². The lowest BCUT2D eigenvalue weighted by Gasteiger charge is -2.04. The second-order valence-electron chi connectivity index (χ2n) is 3.52. The zero-order valence-electron chi connectivity index (χ0n) is 8.94. The summed E-state index contributed by atoms with van der Waals surface area (Å²) in [5, 5.41) is 12.0. The van der Waals surface area contributed by atoms with Gasteiger partial charge in [0.05, 0.1) is 17.3 Å². The van der Waals surface area contributed by atoms with Crippen LogP contribution in [0, 0.1) is 11.3 Å². The van der Waals surface area contributed by atoms with E-state index >= 15 is 0 Å². The molecule has 0 radical (unpaired) electrons. The maximum Gasteiger partial charge on any atom is 0.435 e. The Labute approximate surface area is 100 Å². The lowest BCUT2D eigenvalue weighted by molar-refractivity contribution is -0.141. The number of nitriles is 1. The Morgan fingerprint density at radius 1 is 1.22 bits per heavy atom. The smallest absolute Gasteiger partial charge is 0.384 e. The maximum atomic E-state index is 12.4. The van der Waals surface area contributed by atoms with Gasteiger partial charge in [0, 0.05) is 6.07 Å². The van der Waals surface area contributed by atoms with Gasteiger partial charge in [-0.25, -0.2) is 4.68 Å². The van der Waals surface area contributed by atoms with Crippen molar-refractivity contribution >= 4 is 5.82 Å². The van der Waals surface area contributed by atoms with Gasteiger partial charge in [0.25, 0.3) is 0 Å². The SMILES string of the molecule is N#Cc1ccc(-n2nc(C(F)(F)F)cc2N)cc1. The molecule has 0 atom stereocenters. The predicted octanol–water partition coefficient (Wildman–Crippen LogP) is 2.34. The van der Waals surface area contributed by atoms with Gasteiger partial charge in [0.15, 0.2) is 5.69 Å². The van der Waals surface area contributed by atoms with Gasteiger partial charge in [-0.3, -0.25) is 0 Å². The van der Waals surface area contributed by atoms with Crippen LogP contribution in [0.4, 0.5) is 19.0 Å². The average Bonchev–Trinajstić information content (AvgIpc) is 2.71. The van der Waals surface area contributed by atoms with Gasteiger partial charge in [-0.15, -0.1) is 0 Å². The Hall–Kier alpha value is -2.49. The van der Waals surface area contributed by atoms with Gasteiger partial charge in [-0.2, -0.15) is 23.5 Å². The van der Waals surface area contributed by atoms with Gasteiger partial charge in [0.2, 0.25) is 0 Å². The molecule has 18 heavy (non-hydrogen) atoms. The van der Waals surface area contributed by atoms with Crippen LogP contribution in [0.2, 0.25) is 0 Å². The number of aromatic nitrogens is 2. The first kappa shape index (κ1) is 12.0. The highest BCUT2D eigenvalue weighted by Crippen LogP contribution is 2.30. The van der Waals surface area contributed by atoms with Crippen LogP contribution < -0.4 is 5.73 Å². The summed E-state index contributed by atoms with van der Waals surface area (Å²) in [6.45, 7) is 0. The summed E-state index contributed by atoms with van der Waals surface area (Å²) in [5.41, 5.74) is 5.19. The first-order valence-electron chi connectivity index (χ1n) is 4.85. The monoisotopic (exact) mass is 252 g/mol. The third kappa shape index (κ3) is 2.13. The summed E-state index contributed by atoms with van der Waals surface area (Å²) in [5.74, 6) is -0.118. The van der Waals surface area contributed by atoms with E-state index in [0.717, 1.165) is 10.7 Å². The molecule has 0 fully saturated rings. The van der Waals surface area contributed by atoms with Crippen LogP contribution in [-0.4, -0.2) is 9.78 Å². The van der Waals surface area contributed by atoms with Gasteiger partial charge in [0.1, 0.15) is 5.82 Å². The summed E-state index contributed by atoms with van der Waals surface area (Å²) in [6, 6.07) is 8.57. The maximum absolute atomic E-state index is 12.4. The first-order chi connectivity index (χ1) is 8.41. The van der Waals surface area contributed by atoms with Gasteiger partial charge >= 0.3 is 6.18 Å². The Kier molecular flexibility index (Phi) is 2.71. The number of nitrogens with zero attached hydrogens (tertiary/aromatic N) is 3. The molecule has 2 N–H and O–H groups in total. The van der Waals surface area contributed by atoms with E-state index in [1.807, 2.05) is 6.07 Å². The Morgan fingerprint density at radius 3 is 2.28 bits per heavy atom. The van der Waals surface area contributed by atoms with Crippen LogP contribution in [0.1, 0.15) is 11.3 Å². The Balaban J connectivity index is 2.45. The number of hydrogen-bond donors (Lipinski definition) is 1. The molecule has 92 valence electrons. The minimum Gasteiger partial charge on any atom is -0.384 e. The quantitative estimate of drug-likeness (QED) is 0.847. The molecule has 0 saturated heterocycles. The number of anilines is 1. The number of halogens is 3. The number of hydrogen-bond acceptors (Lipinski definition) is 3. The second kappa shape index (κ2) is 4.07. The fourth-order valence-corrected chi connectivity index (χ4v) is 1.42. The number of alkyl halides is 3. The van der Waals surface area contributed by atoms with Crippen molar-refractivity contribution in [3.05, 3.63) is 41.6 Å². The molecule has 0 aliphatic heterocycles. The fourth-order valence-electron chi connectivity index (χ4n) is 1.42. The summed E-state index contributed by atoms with van der Waals surface area (Å²) in [6.07, 6.45) is -4.54. The summed E-state index contributed by atoms with van der Waals surface area (Å²) in [4.78, 5) is 0. The van der Waals surface area contributed by atoms with Gasteiger partial charge in [-0.05, 0) is 24.3 Å². The number of nitrogens with two attached hydrogens (primary N) is 1. The van der Waals surface area contributed by atoms with Crippen molar-refractivity contribution in [2.45, 2.75) is 6.18 Å². The standard InChI is InChI=1S/C11H7F3N4/c12-11(13,14)9-5-10(16)18(17-9)8-3-1-7(6-15)2-4-8/h1-5H,16H2. The number of benzene rings is 1. The molecule has 0 spiro atoms. The van der Waals surface area contributed by atoms with Crippen LogP contribution in [0.15, 0.2) is 30.3 Å². The average molecular weight is 252 g/mol. The lowest BCUT2D eigenvalue weighted by Crippen LogP contribution is -2.07. The van der Waals surface area contributed by atoms with Crippen molar-refractivity contribution in [1.29, 1.82) is 5.26 Å². The van der Waals surface area contributed by atoms with E-state index in [1.54, 1.807) is 0 Å². The largest absolute Gasteiger partial charge is 0.435 e. The van der Waals surface area contributed by atoms with Crippen molar-refractivity contribution in [1.82, 2.24) is 9.78 Å². The van der Waals surface area contributed by atoms with Crippen LogP contribution in [0.3, 0.4) is 0 Å². The predicted molar refractivity (Wildman–Crippen MR) is 57.7 cm³/mol. The molecule has 0 saturated carbocycles. The van der Waals surface area contributed by atoms with E-state index < -0.39 is 11.9 Å². The molecule has 2 aromatic rings. The lowest BCUT2D eigenvalue weighted by atomic mass is 10.2. The Morgan fingerprint density at radius 2 is 1.83 bits per heavy atom. The molecule has 0 bridgehead atoms. The molecule has 0 aliphatic rings. The zero-order valence-corrected chi connectivity index (χ0v) is 8.94. The molecule has 7 heteroatoms. The minimum atomic E-state index is -4.54. The third-order valence-electron chi connectivity index (χ3n) is 2.27. The molecule has 0 amide bonds. The van der Waals surface area contributed by atoms with Crippen LogP contribution in [-0.2, 0) is 6.18 Å². The molecule has 4 nitrogen and oxygen atoms in total. The van der Waals surface area contributed by atoms with E-state index in [-0.39, 0.29) is 5.82 Å². The zero-order chi connectivity index (χ0) is 13.3. The van der Waals surface area contributed by atoms with E-state index in [4.69, 9.17) is 11.0 Å². The van der Waals surface area contributed by atoms with E-state index in [9.17, 15) is 13.2 Å². The fraction of sp³-hybridized carbons (Fsp3) is 0.0909. The van der Waals surface area contributed by atoms with E-state index in [1.165, 1.54) is 24.3 Å². The molecule has 1 heterocycles. The van der Waals surface area contributed by atoms with E-state index in [2.05, 4.69) is 5.10 Å². The van der Waals surface area contributed by atoms with Crippen LogP contribution >= 0.6 is 0 Å². The van der Waals surface area contributed by atoms with Crippen molar-refractivity contribution in [3.63, 3.8) is 0 Å². The molecular weight excluding hydrogens is 245 g/mol. The van der Waals surface area contributed by atoms with Crippen molar-refractivity contribution < 1.29 is 13.2 Å². The van der Waals surface area contributed by atoms with E-state index in [0.29, 0.717) is 11.3 Å². The highest BCUT2D eigenvalue weighted by Gasteiger charge is 2.34. The summed E-state index contributed by atoms with van der Waals surface area (Å²) >= 11 is 0. The molecule has 0 aliphatic carbocycles. The summed E-state index contributed by atoms with van der Waals surface area (Å²) < 4.78 is 38.3. The topological polar surface area (TPSA) is 67.6 Å². The summed E-state index contributed by atoms with van der Waals surface area (Å²) in [7, 11) is 0. The Bertz CT molecular complexity index is 605.